The first-order valence-corrected chi connectivity index (χ1v) is 16.2. The van der Waals surface area contributed by atoms with Gasteiger partial charge in [0.05, 0.1) is 33.4 Å². The number of rotatable bonds is 10. The van der Waals surface area contributed by atoms with Crippen LogP contribution in [-0.4, -0.2) is 32.0 Å². The third kappa shape index (κ3) is 6.32. The smallest absolute Gasteiger partial charge is 0.261 e. The predicted octanol–water partition coefficient (Wildman–Crippen LogP) is 6.76. The summed E-state index contributed by atoms with van der Waals surface area (Å²) < 4.78 is 19.7. The normalized spacial score (nSPS) is 14.8. The van der Waals surface area contributed by atoms with Gasteiger partial charge in [-0.05, 0) is 79.0 Å². The fraction of sp³-hybridized carbons (Fsp3) is 0.314. The Morgan fingerprint density at radius 2 is 1.83 bits per heavy atom. The van der Waals surface area contributed by atoms with E-state index in [1.807, 2.05) is 39.0 Å². The molecule has 2 amide bonds. The molecule has 1 aliphatic carbocycles. The number of carbonyl (C=O) groups excluding carboxylic acids is 2. The van der Waals surface area contributed by atoms with E-state index < -0.39 is 5.91 Å². The molecule has 0 spiro atoms. The van der Waals surface area contributed by atoms with Crippen LogP contribution in [0.3, 0.4) is 0 Å². The zero-order valence-corrected chi connectivity index (χ0v) is 27.0. The molecule has 11 heteroatoms. The highest BCUT2D eigenvalue weighted by molar-refractivity contribution is 7.17. The molecule has 46 heavy (non-hydrogen) atoms. The van der Waals surface area contributed by atoms with Crippen LogP contribution < -0.4 is 11.1 Å². The van der Waals surface area contributed by atoms with E-state index in [0.29, 0.717) is 51.0 Å². The third-order valence-corrected chi connectivity index (χ3v) is 9.33. The molecule has 0 bridgehead atoms. The van der Waals surface area contributed by atoms with Crippen LogP contribution in [0.1, 0.15) is 93.3 Å². The topological polar surface area (TPSA) is 137 Å². The number of halogens is 1. The average Bonchev–Trinajstić information content (AvgIpc) is 3.77. The number of thiophene rings is 1. The fourth-order valence-corrected chi connectivity index (χ4v) is 7.06. The highest BCUT2D eigenvalue weighted by atomic mass is 32.1. The number of nitrogens with two attached hydrogens (primary N) is 1. The SMILES string of the molecule is Cc1nnc(-c2c(CC(C)c3ccc(F)cc3)nc(CC(C)C)c(C(N)=O)c2-c2ccc(C(=O)N[C@@H]3CCc4ncccc43)s2)o1. The monoisotopic (exact) mass is 638 g/mol. The molecule has 1 aromatic carbocycles. The Kier molecular flexibility index (Phi) is 8.77. The molecule has 0 aliphatic heterocycles. The Labute approximate surface area is 270 Å². The summed E-state index contributed by atoms with van der Waals surface area (Å²) in [5, 5.41) is 11.6. The summed E-state index contributed by atoms with van der Waals surface area (Å²) in [4.78, 5) is 37.4. The largest absolute Gasteiger partial charge is 0.421 e. The van der Waals surface area contributed by atoms with Gasteiger partial charge in [0.25, 0.3) is 11.8 Å². The van der Waals surface area contributed by atoms with Gasteiger partial charge in [0.15, 0.2) is 0 Å². The van der Waals surface area contributed by atoms with Crippen molar-refractivity contribution in [3.63, 3.8) is 0 Å². The van der Waals surface area contributed by atoms with Crippen LogP contribution in [0.2, 0.25) is 0 Å². The number of hydrogen-bond acceptors (Lipinski definition) is 8. The summed E-state index contributed by atoms with van der Waals surface area (Å²) in [6.07, 6.45) is 4.29. The van der Waals surface area contributed by atoms with Crippen molar-refractivity contribution in [2.24, 2.45) is 11.7 Å². The number of aromatic nitrogens is 4. The molecule has 2 atom stereocenters. The van der Waals surface area contributed by atoms with Crippen molar-refractivity contribution < 1.29 is 18.4 Å². The van der Waals surface area contributed by atoms with E-state index in [1.165, 1.54) is 23.5 Å². The van der Waals surface area contributed by atoms with Gasteiger partial charge in [-0.1, -0.05) is 39.0 Å². The summed E-state index contributed by atoms with van der Waals surface area (Å²) >= 11 is 1.26. The molecule has 4 heterocycles. The molecule has 3 N–H and O–H groups in total. The van der Waals surface area contributed by atoms with Gasteiger partial charge in [0.1, 0.15) is 5.82 Å². The van der Waals surface area contributed by atoms with Crippen LogP contribution in [0.15, 0.2) is 59.1 Å². The van der Waals surface area contributed by atoms with Gasteiger partial charge in [0, 0.05) is 29.3 Å². The molecule has 6 rings (SSSR count). The predicted molar refractivity (Wildman–Crippen MR) is 174 cm³/mol. The van der Waals surface area contributed by atoms with Crippen LogP contribution in [0.25, 0.3) is 21.9 Å². The van der Waals surface area contributed by atoms with Crippen LogP contribution in [-0.2, 0) is 19.3 Å². The maximum Gasteiger partial charge on any atom is 0.261 e. The lowest BCUT2D eigenvalue weighted by atomic mass is 9.88. The molecular weight excluding hydrogens is 603 g/mol. The second kappa shape index (κ2) is 12.9. The quantitative estimate of drug-likeness (QED) is 0.172. The van der Waals surface area contributed by atoms with Crippen molar-refractivity contribution >= 4 is 23.2 Å². The molecule has 1 unspecified atom stereocenters. The Balaban J connectivity index is 1.48. The van der Waals surface area contributed by atoms with Crippen LogP contribution in [0, 0.1) is 18.7 Å². The van der Waals surface area contributed by atoms with Crippen LogP contribution in [0.5, 0.6) is 0 Å². The van der Waals surface area contributed by atoms with Crippen molar-refractivity contribution in [2.75, 3.05) is 0 Å². The van der Waals surface area contributed by atoms with E-state index in [2.05, 4.69) is 20.5 Å². The minimum absolute atomic E-state index is 0.0662. The van der Waals surface area contributed by atoms with Gasteiger partial charge in [-0.3, -0.25) is 19.6 Å². The molecule has 0 saturated carbocycles. The minimum Gasteiger partial charge on any atom is -0.421 e. The first-order valence-electron chi connectivity index (χ1n) is 15.3. The summed E-state index contributed by atoms with van der Waals surface area (Å²) in [5.41, 5.74) is 11.6. The number of nitrogens with zero attached hydrogens (tertiary/aromatic N) is 4. The van der Waals surface area contributed by atoms with Crippen molar-refractivity contribution in [1.82, 2.24) is 25.5 Å². The van der Waals surface area contributed by atoms with Crippen molar-refractivity contribution in [3.05, 3.63) is 105 Å². The van der Waals surface area contributed by atoms with E-state index in [4.69, 9.17) is 15.1 Å². The van der Waals surface area contributed by atoms with E-state index >= 15 is 0 Å². The van der Waals surface area contributed by atoms with Gasteiger partial charge in [-0.25, -0.2) is 4.39 Å². The number of pyridine rings is 2. The van der Waals surface area contributed by atoms with Crippen molar-refractivity contribution in [2.45, 2.75) is 65.3 Å². The number of primary amides is 1. The highest BCUT2D eigenvalue weighted by Crippen LogP contribution is 2.43. The Bertz CT molecular complexity index is 1920. The molecule has 1 aliphatic rings. The van der Waals surface area contributed by atoms with Gasteiger partial charge in [-0.15, -0.1) is 21.5 Å². The number of hydrogen-bond donors (Lipinski definition) is 2. The number of amides is 2. The Morgan fingerprint density at radius 3 is 2.52 bits per heavy atom. The van der Waals surface area contributed by atoms with Crippen LogP contribution >= 0.6 is 11.3 Å². The molecule has 0 fully saturated rings. The van der Waals surface area contributed by atoms with Gasteiger partial charge in [-0.2, -0.15) is 0 Å². The van der Waals surface area contributed by atoms with Crippen LogP contribution in [0.4, 0.5) is 4.39 Å². The fourth-order valence-electron chi connectivity index (χ4n) is 6.10. The number of fused-ring (bicyclic) bond motifs is 1. The summed E-state index contributed by atoms with van der Waals surface area (Å²) in [7, 11) is 0. The van der Waals surface area contributed by atoms with E-state index in [0.717, 1.165) is 29.7 Å². The lowest BCUT2D eigenvalue weighted by molar-refractivity contribution is 0.0939. The zero-order chi connectivity index (χ0) is 32.5. The van der Waals surface area contributed by atoms with E-state index in [1.54, 1.807) is 31.3 Å². The number of carbonyl (C=O) groups is 2. The van der Waals surface area contributed by atoms with Gasteiger partial charge in [0.2, 0.25) is 11.8 Å². The van der Waals surface area contributed by atoms with E-state index in [9.17, 15) is 14.0 Å². The minimum atomic E-state index is -0.636. The molecule has 0 radical (unpaired) electrons. The molecular formula is C35H35FN6O3S. The molecule has 0 saturated heterocycles. The van der Waals surface area contributed by atoms with Crippen molar-refractivity contribution in [1.29, 1.82) is 0 Å². The molecule has 5 aromatic rings. The zero-order valence-electron chi connectivity index (χ0n) is 26.1. The van der Waals surface area contributed by atoms with Gasteiger partial charge < -0.3 is 15.5 Å². The Hall–Kier alpha value is -4.77. The van der Waals surface area contributed by atoms with E-state index in [-0.39, 0.29) is 41.1 Å². The third-order valence-electron chi connectivity index (χ3n) is 8.23. The second-order valence-electron chi connectivity index (χ2n) is 12.1. The summed E-state index contributed by atoms with van der Waals surface area (Å²) in [5.74, 6) is -0.500. The standard InChI is InChI=1S/C35H35FN6O3S/c1-18(2)16-26-30(33(37)43)32(28-13-14-29(46-28)34(44)40-25-12-11-24-23(25)6-5-15-38-24)31(35-42-41-20(4)45-35)27(39-26)17-19(3)21-7-9-22(36)10-8-21/h5-10,13-15,18-19,25H,11-12,16-17H2,1-4H3,(H2,37,43)(H,40,44)/t19?,25-/m1/s1. The highest BCUT2D eigenvalue weighted by Gasteiger charge is 2.31. The lowest BCUT2D eigenvalue weighted by Gasteiger charge is -2.21. The maximum atomic E-state index is 13.7. The van der Waals surface area contributed by atoms with Crippen molar-refractivity contribution in [3.8, 4) is 21.9 Å². The number of benzene rings is 1. The molecule has 9 nitrogen and oxygen atoms in total. The lowest BCUT2D eigenvalue weighted by Crippen LogP contribution is -2.26. The number of aryl methyl sites for hydroxylation is 2. The maximum absolute atomic E-state index is 13.7. The Morgan fingerprint density at radius 1 is 1.04 bits per heavy atom. The number of nitrogens with one attached hydrogen (secondary N) is 1. The molecule has 236 valence electrons. The molecule has 4 aromatic heterocycles. The summed E-state index contributed by atoms with van der Waals surface area (Å²) in [6.45, 7) is 7.82. The first kappa shape index (κ1) is 31.2. The van der Waals surface area contributed by atoms with Gasteiger partial charge >= 0.3 is 0 Å². The summed E-state index contributed by atoms with van der Waals surface area (Å²) in [6, 6.07) is 13.7. The average molecular weight is 639 g/mol. The first-order chi connectivity index (χ1) is 22.1. The second-order valence-corrected chi connectivity index (χ2v) is 13.2.